The maximum Gasteiger partial charge on any atom is 0.397 e. The molecule has 1 saturated heterocycles. The molecule has 1 amide bonds. The molecule has 1 heterocycles. The zero-order valence-electron chi connectivity index (χ0n) is 8.69. The van der Waals surface area contributed by atoms with Gasteiger partial charge in [-0.2, -0.15) is 0 Å². The third-order valence-corrected chi connectivity index (χ3v) is 3.18. The van der Waals surface area contributed by atoms with Crippen molar-refractivity contribution >= 4 is 27.5 Å². The average Bonchev–Trinajstić information content (AvgIpc) is 2.81. The quantitative estimate of drug-likeness (QED) is 0.742. The summed E-state index contributed by atoms with van der Waals surface area (Å²) in [6.45, 7) is 1.58. The van der Waals surface area contributed by atoms with Gasteiger partial charge in [-0.15, -0.1) is 0 Å². The number of halogens is 1. The predicted octanol–water partition coefficient (Wildman–Crippen LogP) is 3.17. The lowest BCUT2D eigenvalue weighted by atomic mass is 10.1. The van der Waals surface area contributed by atoms with Crippen LogP contribution in [-0.4, -0.2) is 23.9 Å². The van der Waals surface area contributed by atoms with E-state index in [9.17, 15) is 4.79 Å². The van der Waals surface area contributed by atoms with Gasteiger partial charge in [0.2, 0.25) is 5.39 Å². The third-order valence-electron chi connectivity index (χ3n) is 2.69. The largest absolute Gasteiger partial charge is 0.397 e. The Labute approximate surface area is 102 Å². The van der Waals surface area contributed by atoms with E-state index in [1.54, 1.807) is 23.1 Å². The summed E-state index contributed by atoms with van der Waals surface area (Å²) in [5.41, 5.74) is 0.763. The van der Waals surface area contributed by atoms with Crippen LogP contribution in [0.3, 0.4) is 0 Å². The molecule has 0 N–H and O–H groups in total. The number of diazo groups is 1. The monoisotopic (exact) mass is 280 g/mol. The highest BCUT2D eigenvalue weighted by Crippen LogP contribution is 2.26. The molecule has 0 atom stereocenters. The van der Waals surface area contributed by atoms with E-state index in [4.69, 9.17) is 5.39 Å². The highest BCUT2D eigenvalue weighted by molar-refractivity contribution is 9.10. The number of benzene rings is 1. The van der Waals surface area contributed by atoms with E-state index in [2.05, 4.69) is 20.9 Å². The number of carbonyl (C=O) groups is 1. The van der Waals surface area contributed by atoms with E-state index in [1.807, 2.05) is 0 Å². The van der Waals surface area contributed by atoms with E-state index in [0.29, 0.717) is 11.3 Å². The number of carbonyl (C=O) groups excluding carboxylic acids is 1. The van der Waals surface area contributed by atoms with Gasteiger partial charge in [-0.1, -0.05) is 15.9 Å². The molecule has 0 radical (unpaired) electrons. The van der Waals surface area contributed by atoms with Crippen molar-refractivity contribution in [3.63, 3.8) is 0 Å². The lowest BCUT2D eigenvalue weighted by Crippen LogP contribution is -2.27. The minimum Gasteiger partial charge on any atom is -0.338 e. The molecule has 2 rings (SSSR count). The fourth-order valence-corrected chi connectivity index (χ4v) is 2.22. The molecule has 0 unspecified atom stereocenters. The Morgan fingerprint density at radius 2 is 2.06 bits per heavy atom. The smallest absolute Gasteiger partial charge is 0.338 e. The van der Waals surface area contributed by atoms with Crippen LogP contribution in [0, 0.1) is 5.39 Å². The van der Waals surface area contributed by atoms with Crippen LogP contribution in [-0.2, 0) is 0 Å². The number of amides is 1. The van der Waals surface area contributed by atoms with E-state index >= 15 is 0 Å². The van der Waals surface area contributed by atoms with E-state index < -0.39 is 0 Å². The van der Waals surface area contributed by atoms with Gasteiger partial charge in [0.25, 0.3) is 5.91 Å². The van der Waals surface area contributed by atoms with Crippen molar-refractivity contribution < 1.29 is 4.79 Å². The maximum atomic E-state index is 12.1. The molecular weight excluding hydrogens is 270 g/mol. The van der Waals surface area contributed by atoms with Crippen LogP contribution >= 0.6 is 15.9 Å². The van der Waals surface area contributed by atoms with Crippen molar-refractivity contribution in [2.45, 2.75) is 12.8 Å². The molecule has 1 fully saturated rings. The van der Waals surface area contributed by atoms with E-state index in [-0.39, 0.29) is 5.91 Å². The van der Waals surface area contributed by atoms with Crippen molar-refractivity contribution in [3.05, 3.63) is 33.2 Å². The summed E-state index contributed by atoms with van der Waals surface area (Å²) in [7, 11) is 0. The van der Waals surface area contributed by atoms with Gasteiger partial charge in [-0.05, 0) is 25.0 Å². The zero-order chi connectivity index (χ0) is 11.5. The topological polar surface area (TPSA) is 48.5 Å². The summed E-state index contributed by atoms with van der Waals surface area (Å²) in [6.07, 6.45) is 2.09. The normalized spacial score (nSPS) is 14.9. The molecule has 0 bridgehead atoms. The number of rotatable bonds is 1. The number of hydrogen-bond donors (Lipinski definition) is 0. The summed E-state index contributed by atoms with van der Waals surface area (Å²) in [5.74, 6) is -0.0633. The molecule has 1 aliphatic rings. The Morgan fingerprint density at radius 1 is 1.38 bits per heavy atom. The first-order valence-electron chi connectivity index (χ1n) is 5.16. The maximum absolute atomic E-state index is 12.1. The Hall–Kier alpha value is -1.41. The lowest BCUT2D eigenvalue weighted by molar-refractivity contribution is 0.0794. The fourth-order valence-electron chi connectivity index (χ4n) is 1.86. The first-order chi connectivity index (χ1) is 7.72. The molecule has 82 valence electrons. The Kier molecular flexibility index (Phi) is 3.20. The van der Waals surface area contributed by atoms with Gasteiger partial charge in [0.05, 0.1) is 0 Å². The second-order valence-electron chi connectivity index (χ2n) is 3.76. The Balaban J connectivity index is 2.35. The molecule has 5 heteroatoms. The Morgan fingerprint density at radius 3 is 2.69 bits per heavy atom. The van der Waals surface area contributed by atoms with Crippen molar-refractivity contribution in [2.24, 2.45) is 0 Å². The predicted molar refractivity (Wildman–Crippen MR) is 64.0 cm³/mol. The second-order valence-corrected chi connectivity index (χ2v) is 4.68. The van der Waals surface area contributed by atoms with Crippen LogP contribution in [0.5, 0.6) is 0 Å². The molecular formula is C11H11BrN3O+. The summed E-state index contributed by atoms with van der Waals surface area (Å²) in [5, 5.41) is 8.84. The van der Waals surface area contributed by atoms with Gasteiger partial charge < -0.3 is 4.90 Å². The van der Waals surface area contributed by atoms with Crippen LogP contribution in [0.1, 0.15) is 23.2 Å². The van der Waals surface area contributed by atoms with Gasteiger partial charge >= 0.3 is 5.69 Å². The highest BCUT2D eigenvalue weighted by atomic mass is 79.9. The summed E-state index contributed by atoms with van der Waals surface area (Å²) < 4.78 is 0.808. The van der Waals surface area contributed by atoms with Crippen LogP contribution < -0.4 is 0 Å². The molecule has 1 aromatic carbocycles. The van der Waals surface area contributed by atoms with Crippen LogP contribution in [0.2, 0.25) is 0 Å². The van der Waals surface area contributed by atoms with Gasteiger partial charge in [0.15, 0.2) is 4.98 Å². The average molecular weight is 281 g/mol. The SMILES string of the molecule is N#[N+]c1ccc(Br)cc1C(=O)N1CCCC1. The molecule has 16 heavy (non-hydrogen) atoms. The van der Waals surface area contributed by atoms with Gasteiger partial charge in [0, 0.05) is 23.6 Å². The Bertz CT molecular complexity index is 461. The van der Waals surface area contributed by atoms with Gasteiger partial charge in [-0.3, -0.25) is 4.79 Å². The highest BCUT2D eigenvalue weighted by Gasteiger charge is 2.26. The number of likely N-dealkylation sites (tertiary alicyclic amines) is 1. The molecule has 1 aliphatic heterocycles. The molecule has 0 spiro atoms. The van der Waals surface area contributed by atoms with Gasteiger partial charge in [-0.25, -0.2) is 0 Å². The first-order valence-corrected chi connectivity index (χ1v) is 5.95. The number of nitrogens with zero attached hydrogens (tertiary/aromatic N) is 3. The second kappa shape index (κ2) is 4.62. The summed E-state index contributed by atoms with van der Waals surface area (Å²) in [4.78, 5) is 17.0. The first kappa shape index (κ1) is 11.1. The molecule has 0 saturated carbocycles. The van der Waals surface area contributed by atoms with Crippen molar-refractivity contribution in [2.75, 3.05) is 13.1 Å². The van der Waals surface area contributed by atoms with Crippen LogP contribution in [0.15, 0.2) is 22.7 Å². The van der Waals surface area contributed by atoms with Crippen LogP contribution in [0.4, 0.5) is 5.69 Å². The summed E-state index contributed by atoms with van der Waals surface area (Å²) in [6, 6.07) is 5.05. The third kappa shape index (κ3) is 2.07. The number of hydrogen-bond acceptors (Lipinski definition) is 2. The molecule has 0 aromatic heterocycles. The standard InChI is InChI=1S/C11H11BrN3O/c12-8-3-4-10(14-13)9(7-8)11(16)15-5-1-2-6-15/h3-4,7H,1-2,5-6H2/q+1. The van der Waals surface area contributed by atoms with Crippen molar-refractivity contribution in [1.82, 2.24) is 4.90 Å². The van der Waals surface area contributed by atoms with Gasteiger partial charge in [0.1, 0.15) is 5.56 Å². The zero-order valence-corrected chi connectivity index (χ0v) is 10.3. The molecule has 0 aliphatic carbocycles. The molecule has 1 aromatic rings. The fraction of sp³-hybridized carbons (Fsp3) is 0.364. The van der Waals surface area contributed by atoms with Crippen molar-refractivity contribution in [1.29, 1.82) is 5.39 Å². The van der Waals surface area contributed by atoms with E-state index in [1.165, 1.54) is 0 Å². The summed E-state index contributed by atoms with van der Waals surface area (Å²) >= 11 is 3.31. The minimum absolute atomic E-state index is 0.0633. The molecule has 4 nitrogen and oxygen atoms in total. The van der Waals surface area contributed by atoms with Crippen molar-refractivity contribution in [3.8, 4) is 0 Å². The van der Waals surface area contributed by atoms with E-state index in [0.717, 1.165) is 30.4 Å². The minimum atomic E-state index is -0.0633. The van der Waals surface area contributed by atoms with Crippen LogP contribution in [0.25, 0.3) is 4.98 Å². The lowest BCUT2D eigenvalue weighted by Gasteiger charge is -2.13.